The number of amides is 3. The van der Waals surface area contributed by atoms with E-state index < -0.39 is 11.7 Å². The van der Waals surface area contributed by atoms with Crippen molar-refractivity contribution in [2.24, 2.45) is 0 Å². The number of anilines is 2. The van der Waals surface area contributed by atoms with Crippen LogP contribution in [0.25, 0.3) is 0 Å². The van der Waals surface area contributed by atoms with Gasteiger partial charge in [-0.25, -0.2) is 4.39 Å². The van der Waals surface area contributed by atoms with Crippen LogP contribution in [0.3, 0.4) is 0 Å². The number of benzene rings is 2. The smallest absolute Gasteiger partial charge is 0.266 e. The van der Waals surface area contributed by atoms with Crippen LogP contribution in [-0.4, -0.2) is 35.7 Å². The van der Waals surface area contributed by atoms with E-state index in [4.69, 9.17) is 0 Å². The summed E-state index contributed by atoms with van der Waals surface area (Å²) < 4.78 is 13.4. The van der Waals surface area contributed by atoms with Gasteiger partial charge in [0.25, 0.3) is 17.7 Å². The third-order valence-corrected chi connectivity index (χ3v) is 7.43. The second-order valence-electron chi connectivity index (χ2n) is 8.83. The Morgan fingerprint density at radius 3 is 2.31 bits per heavy atom. The summed E-state index contributed by atoms with van der Waals surface area (Å²) in [7, 11) is 1.86. The Bertz CT molecular complexity index is 1230. The molecular formula is C27H28FN3O3S. The number of hydrogen-bond donors (Lipinski definition) is 2. The van der Waals surface area contributed by atoms with Gasteiger partial charge >= 0.3 is 0 Å². The van der Waals surface area contributed by atoms with Crippen LogP contribution >= 0.6 is 11.3 Å². The van der Waals surface area contributed by atoms with Gasteiger partial charge in [-0.3, -0.25) is 14.4 Å². The molecule has 0 spiro atoms. The number of thiophene rings is 1. The maximum Gasteiger partial charge on any atom is 0.266 e. The lowest BCUT2D eigenvalue weighted by Crippen LogP contribution is -2.38. The van der Waals surface area contributed by atoms with Crippen molar-refractivity contribution in [3.8, 4) is 0 Å². The molecule has 1 fully saturated rings. The number of halogens is 1. The fourth-order valence-corrected chi connectivity index (χ4v) is 5.27. The molecule has 1 saturated carbocycles. The van der Waals surface area contributed by atoms with E-state index in [1.165, 1.54) is 24.6 Å². The van der Waals surface area contributed by atoms with E-state index >= 15 is 0 Å². The van der Waals surface area contributed by atoms with Crippen LogP contribution in [0, 0.1) is 12.7 Å². The molecule has 1 aliphatic carbocycles. The summed E-state index contributed by atoms with van der Waals surface area (Å²) in [6.45, 7) is 1.78. The summed E-state index contributed by atoms with van der Waals surface area (Å²) in [5, 5.41) is 6.06. The van der Waals surface area contributed by atoms with Crippen LogP contribution in [0.15, 0.2) is 54.6 Å². The van der Waals surface area contributed by atoms with Crippen molar-refractivity contribution in [1.29, 1.82) is 0 Å². The van der Waals surface area contributed by atoms with Crippen molar-refractivity contribution in [3.05, 3.63) is 82.0 Å². The highest BCUT2D eigenvalue weighted by molar-refractivity contribution is 7.18. The molecule has 0 atom stereocenters. The van der Waals surface area contributed by atoms with Crippen LogP contribution in [0.2, 0.25) is 0 Å². The van der Waals surface area contributed by atoms with Crippen LogP contribution in [-0.2, 0) is 0 Å². The Morgan fingerprint density at radius 2 is 1.63 bits per heavy atom. The van der Waals surface area contributed by atoms with Crippen molar-refractivity contribution < 1.29 is 18.8 Å². The van der Waals surface area contributed by atoms with Crippen LogP contribution in [0.5, 0.6) is 0 Å². The first-order chi connectivity index (χ1) is 16.8. The normalized spacial score (nSPS) is 13.8. The summed E-state index contributed by atoms with van der Waals surface area (Å²) in [5.41, 5.74) is 2.07. The van der Waals surface area contributed by atoms with Gasteiger partial charge in [-0.2, -0.15) is 0 Å². The van der Waals surface area contributed by atoms with Crippen LogP contribution in [0.4, 0.5) is 15.1 Å². The third kappa shape index (κ3) is 5.95. The fraction of sp³-hybridized carbons (Fsp3) is 0.296. The topological polar surface area (TPSA) is 78.5 Å². The molecule has 0 bridgehead atoms. The molecule has 2 aromatic carbocycles. The quantitative estimate of drug-likeness (QED) is 0.435. The first-order valence-corrected chi connectivity index (χ1v) is 12.5. The molecule has 1 heterocycles. The summed E-state index contributed by atoms with van der Waals surface area (Å²) in [6, 6.07) is 14.3. The number of nitrogens with one attached hydrogen (secondary N) is 2. The van der Waals surface area contributed by atoms with Gasteiger partial charge in [-0.05, 0) is 73.9 Å². The van der Waals surface area contributed by atoms with Crippen molar-refractivity contribution in [1.82, 2.24) is 4.90 Å². The van der Waals surface area contributed by atoms with Crippen molar-refractivity contribution in [2.75, 3.05) is 17.7 Å². The van der Waals surface area contributed by atoms with E-state index in [2.05, 4.69) is 10.6 Å². The third-order valence-electron chi connectivity index (χ3n) is 6.28. The minimum atomic E-state index is -0.492. The molecule has 1 aromatic heterocycles. The monoisotopic (exact) mass is 493 g/mol. The first-order valence-electron chi connectivity index (χ1n) is 11.7. The first kappa shape index (κ1) is 24.6. The average molecular weight is 494 g/mol. The Hall–Kier alpha value is -3.52. The summed E-state index contributed by atoms with van der Waals surface area (Å²) in [6.07, 6.45) is 5.64. The van der Waals surface area contributed by atoms with E-state index in [1.807, 2.05) is 11.9 Å². The van der Waals surface area contributed by atoms with E-state index in [0.29, 0.717) is 26.7 Å². The summed E-state index contributed by atoms with van der Waals surface area (Å²) in [4.78, 5) is 40.4. The molecule has 8 heteroatoms. The summed E-state index contributed by atoms with van der Waals surface area (Å²) in [5.74, 6) is -1.26. The van der Waals surface area contributed by atoms with Gasteiger partial charge in [-0.15, -0.1) is 11.3 Å². The lowest BCUT2D eigenvalue weighted by molar-refractivity contribution is 0.0696. The fourth-order valence-electron chi connectivity index (χ4n) is 4.30. The summed E-state index contributed by atoms with van der Waals surface area (Å²) >= 11 is 1.14. The van der Waals surface area contributed by atoms with Gasteiger partial charge in [0.05, 0.1) is 9.88 Å². The highest BCUT2D eigenvalue weighted by atomic mass is 32.1. The molecule has 0 aliphatic heterocycles. The van der Waals surface area contributed by atoms with Crippen molar-refractivity contribution in [3.63, 3.8) is 0 Å². The van der Waals surface area contributed by atoms with E-state index in [0.717, 1.165) is 43.1 Å². The molecule has 0 radical (unpaired) electrons. The molecule has 0 saturated heterocycles. The van der Waals surface area contributed by atoms with Gasteiger partial charge < -0.3 is 15.5 Å². The Morgan fingerprint density at radius 1 is 0.914 bits per heavy atom. The molecule has 1 aliphatic rings. The zero-order chi connectivity index (χ0) is 24.9. The second kappa shape index (κ2) is 10.8. The lowest BCUT2D eigenvalue weighted by atomic mass is 9.94. The Labute approximate surface area is 208 Å². The molecule has 3 amide bonds. The maximum absolute atomic E-state index is 13.4. The largest absolute Gasteiger partial charge is 0.339 e. The van der Waals surface area contributed by atoms with Crippen molar-refractivity contribution in [2.45, 2.75) is 45.1 Å². The molecular weight excluding hydrogens is 465 g/mol. The van der Waals surface area contributed by atoms with Gasteiger partial charge in [0.1, 0.15) is 5.82 Å². The number of carbonyl (C=O) groups is 3. The molecule has 6 nitrogen and oxygen atoms in total. The van der Waals surface area contributed by atoms with Crippen LogP contribution in [0.1, 0.15) is 68.1 Å². The van der Waals surface area contributed by atoms with E-state index in [9.17, 15) is 18.8 Å². The number of aryl methyl sites for hydroxylation is 1. The Kier molecular flexibility index (Phi) is 7.60. The van der Waals surface area contributed by atoms with Crippen LogP contribution < -0.4 is 10.6 Å². The molecule has 35 heavy (non-hydrogen) atoms. The predicted octanol–water partition coefficient (Wildman–Crippen LogP) is 6.10. The molecule has 2 N–H and O–H groups in total. The highest BCUT2D eigenvalue weighted by Crippen LogP contribution is 2.28. The minimum absolute atomic E-state index is 0.0115. The van der Waals surface area contributed by atoms with Gasteiger partial charge in [0.2, 0.25) is 0 Å². The number of rotatable bonds is 6. The molecule has 4 rings (SSSR count). The van der Waals surface area contributed by atoms with Gasteiger partial charge in [0.15, 0.2) is 0 Å². The molecule has 182 valence electrons. The Balaban J connectivity index is 1.38. The molecule has 0 unspecified atom stereocenters. The lowest BCUT2D eigenvalue weighted by Gasteiger charge is -2.31. The molecule has 3 aromatic rings. The average Bonchev–Trinajstić information content (AvgIpc) is 3.24. The maximum atomic E-state index is 13.4. The van der Waals surface area contributed by atoms with Crippen molar-refractivity contribution >= 4 is 39.7 Å². The number of hydrogen-bond acceptors (Lipinski definition) is 4. The SMILES string of the molecule is Cc1cc(NC(=O)c2cccc(F)c2)sc1C(=O)Nc1ccc(C(=O)N(C)C2CCCCC2)cc1. The van der Waals surface area contributed by atoms with Gasteiger partial charge in [0, 0.05) is 29.9 Å². The standard InChI is InChI=1S/C27H28FN3O3S/c1-17-15-23(30-25(32)19-7-6-8-20(28)16-19)35-24(17)26(33)29-21-13-11-18(12-14-21)27(34)31(2)22-9-4-3-5-10-22/h6-8,11-16,22H,3-5,9-10H2,1-2H3,(H,29,33)(H,30,32). The predicted molar refractivity (Wildman–Crippen MR) is 137 cm³/mol. The zero-order valence-corrected chi connectivity index (χ0v) is 20.6. The van der Waals surface area contributed by atoms with E-state index in [1.54, 1.807) is 37.3 Å². The van der Waals surface area contributed by atoms with E-state index in [-0.39, 0.29) is 23.4 Å². The van der Waals surface area contributed by atoms with Gasteiger partial charge in [-0.1, -0.05) is 25.3 Å². The highest BCUT2D eigenvalue weighted by Gasteiger charge is 2.23. The zero-order valence-electron chi connectivity index (χ0n) is 19.8. The second-order valence-corrected chi connectivity index (χ2v) is 9.88. The number of carbonyl (C=O) groups excluding carboxylic acids is 3. The minimum Gasteiger partial charge on any atom is -0.339 e. The number of nitrogens with zero attached hydrogens (tertiary/aromatic N) is 1.